The second-order valence-electron chi connectivity index (χ2n) is 5.67. The van der Waals surface area contributed by atoms with Gasteiger partial charge in [0.2, 0.25) is 5.91 Å². The standard InChI is InChI=1S/C19H22ClN3O2/c1-3-21-12-14-5-4-6-17(11-14)23-18(24)13(2)22-19(25)15-7-9-16(20)10-8-15/h4-11,13,21H,3,12H2,1-2H3,(H,22,25)(H,23,24). The van der Waals surface area contributed by atoms with Gasteiger partial charge in [0.1, 0.15) is 6.04 Å². The highest BCUT2D eigenvalue weighted by molar-refractivity contribution is 6.30. The van der Waals surface area contributed by atoms with Gasteiger partial charge in [0.25, 0.3) is 5.91 Å². The van der Waals surface area contributed by atoms with Gasteiger partial charge in [-0.2, -0.15) is 0 Å². The zero-order valence-electron chi connectivity index (χ0n) is 14.3. The molecule has 0 saturated heterocycles. The largest absolute Gasteiger partial charge is 0.341 e. The summed E-state index contributed by atoms with van der Waals surface area (Å²) in [5.74, 6) is -0.594. The van der Waals surface area contributed by atoms with Gasteiger partial charge in [-0.3, -0.25) is 9.59 Å². The summed E-state index contributed by atoms with van der Waals surface area (Å²) in [6.45, 7) is 5.30. The predicted octanol–water partition coefficient (Wildman–Crippen LogP) is 3.21. The molecule has 1 atom stereocenters. The molecule has 2 aromatic carbocycles. The summed E-state index contributed by atoms with van der Waals surface area (Å²) in [6.07, 6.45) is 0. The van der Waals surface area contributed by atoms with Gasteiger partial charge in [-0.25, -0.2) is 0 Å². The molecule has 0 spiro atoms. The van der Waals surface area contributed by atoms with Crippen molar-refractivity contribution in [3.05, 3.63) is 64.7 Å². The third-order valence-corrected chi connectivity index (χ3v) is 3.87. The van der Waals surface area contributed by atoms with Crippen molar-refractivity contribution in [2.45, 2.75) is 26.4 Å². The van der Waals surface area contributed by atoms with Crippen LogP contribution in [0.25, 0.3) is 0 Å². The Morgan fingerprint density at radius 2 is 1.84 bits per heavy atom. The van der Waals surface area contributed by atoms with Gasteiger partial charge in [-0.05, 0) is 55.4 Å². The minimum atomic E-state index is -0.666. The lowest BCUT2D eigenvalue weighted by molar-refractivity contribution is -0.117. The first kappa shape index (κ1) is 19.0. The monoisotopic (exact) mass is 359 g/mol. The van der Waals surface area contributed by atoms with Gasteiger partial charge < -0.3 is 16.0 Å². The van der Waals surface area contributed by atoms with Crippen LogP contribution in [-0.2, 0) is 11.3 Å². The second kappa shape index (κ2) is 9.20. The van der Waals surface area contributed by atoms with Crippen LogP contribution < -0.4 is 16.0 Å². The molecule has 25 heavy (non-hydrogen) atoms. The molecule has 6 heteroatoms. The summed E-state index contributed by atoms with van der Waals surface area (Å²) in [5, 5.41) is 9.29. The topological polar surface area (TPSA) is 70.2 Å². The van der Waals surface area contributed by atoms with Crippen molar-refractivity contribution in [2.24, 2.45) is 0 Å². The van der Waals surface area contributed by atoms with Crippen LogP contribution in [0.5, 0.6) is 0 Å². The molecule has 0 aliphatic carbocycles. The fraction of sp³-hybridized carbons (Fsp3) is 0.263. The van der Waals surface area contributed by atoms with Crippen molar-refractivity contribution in [2.75, 3.05) is 11.9 Å². The van der Waals surface area contributed by atoms with Crippen LogP contribution in [-0.4, -0.2) is 24.4 Å². The Kier molecular flexibility index (Phi) is 6.98. The molecule has 0 aliphatic heterocycles. The predicted molar refractivity (Wildman–Crippen MR) is 101 cm³/mol. The third kappa shape index (κ3) is 5.89. The smallest absolute Gasteiger partial charge is 0.251 e. The van der Waals surface area contributed by atoms with E-state index in [0.29, 0.717) is 16.3 Å². The first-order chi connectivity index (χ1) is 12.0. The molecule has 2 amide bonds. The summed E-state index contributed by atoms with van der Waals surface area (Å²) in [6, 6.07) is 13.5. The number of hydrogen-bond acceptors (Lipinski definition) is 3. The molecular formula is C19H22ClN3O2. The van der Waals surface area contributed by atoms with E-state index in [9.17, 15) is 9.59 Å². The quantitative estimate of drug-likeness (QED) is 0.711. The Bertz CT molecular complexity index is 732. The lowest BCUT2D eigenvalue weighted by Crippen LogP contribution is -2.41. The number of amides is 2. The van der Waals surface area contributed by atoms with Crippen LogP contribution in [0.15, 0.2) is 48.5 Å². The molecule has 0 aliphatic rings. The minimum Gasteiger partial charge on any atom is -0.341 e. The molecule has 0 bridgehead atoms. The fourth-order valence-corrected chi connectivity index (χ4v) is 2.35. The van der Waals surface area contributed by atoms with Crippen molar-refractivity contribution < 1.29 is 9.59 Å². The molecule has 0 fully saturated rings. The molecule has 5 nitrogen and oxygen atoms in total. The van der Waals surface area contributed by atoms with Gasteiger partial charge in [0.05, 0.1) is 0 Å². The highest BCUT2D eigenvalue weighted by Gasteiger charge is 2.16. The van der Waals surface area contributed by atoms with Crippen molar-refractivity contribution in [1.82, 2.24) is 10.6 Å². The number of halogens is 1. The molecule has 0 radical (unpaired) electrons. The van der Waals surface area contributed by atoms with E-state index in [2.05, 4.69) is 16.0 Å². The highest BCUT2D eigenvalue weighted by atomic mass is 35.5. The number of carbonyl (C=O) groups excluding carboxylic acids is 2. The summed E-state index contributed by atoms with van der Waals surface area (Å²) >= 11 is 5.81. The molecule has 132 valence electrons. The molecule has 0 saturated carbocycles. The lowest BCUT2D eigenvalue weighted by atomic mass is 10.1. The van der Waals surface area contributed by atoms with Crippen LogP contribution in [0.2, 0.25) is 5.02 Å². The van der Waals surface area contributed by atoms with Gasteiger partial charge in [0, 0.05) is 22.8 Å². The van der Waals surface area contributed by atoms with E-state index in [4.69, 9.17) is 11.6 Å². The second-order valence-corrected chi connectivity index (χ2v) is 6.11. The Morgan fingerprint density at radius 3 is 2.52 bits per heavy atom. The van der Waals surface area contributed by atoms with Crippen molar-refractivity contribution in [3.63, 3.8) is 0 Å². The minimum absolute atomic E-state index is 0.275. The maximum Gasteiger partial charge on any atom is 0.251 e. The maximum absolute atomic E-state index is 12.3. The van der Waals surface area contributed by atoms with E-state index < -0.39 is 6.04 Å². The van der Waals surface area contributed by atoms with Gasteiger partial charge in [0.15, 0.2) is 0 Å². The highest BCUT2D eigenvalue weighted by Crippen LogP contribution is 2.12. The van der Waals surface area contributed by atoms with E-state index in [0.717, 1.165) is 18.7 Å². The zero-order valence-corrected chi connectivity index (χ0v) is 15.1. The van der Waals surface area contributed by atoms with Gasteiger partial charge in [-0.1, -0.05) is 30.7 Å². The maximum atomic E-state index is 12.3. The van der Waals surface area contributed by atoms with Crippen molar-refractivity contribution >= 4 is 29.1 Å². The summed E-state index contributed by atoms with van der Waals surface area (Å²) in [7, 11) is 0. The lowest BCUT2D eigenvalue weighted by Gasteiger charge is -2.15. The number of anilines is 1. The van der Waals surface area contributed by atoms with E-state index in [1.807, 2.05) is 31.2 Å². The zero-order chi connectivity index (χ0) is 18.2. The summed E-state index contributed by atoms with van der Waals surface area (Å²) in [5.41, 5.74) is 2.24. The number of rotatable bonds is 7. The Labute approximate surface area is 152 Å². The summed E-state index contributed by atoms with van der Waals surface area (Å²) < 4.78 is 0. The number of carbonyl (C=O) groups is 2. The molecule has 0 aromatic heterocycles. The molecule has 3 N–H and O–H groups in total. The normalized spacial score (nSPS) is 11.6. The Hall–Kier alpha value is -2.37. The van der Waals surface area contributed by atoms with Crippen LogP contribution in [0, 0.1) is 0 Å². The van der Waals surface area contributed by atoms with Gasteiger partial charge >= 0.3 is 0 Å². The molecule has 2 aromatic rings. The van der Waals surface area contributed by atoms with E-state index >= 15 is 0 Å². The Balaban J connectivity index is 1.93. The molecule has 1 unspecified atom stereocenters. The fourth-order valence-electron chi connectivity index (χ4n) is 2.23. The van der Waals surface area contributed by atoms with Crippen LogP contribution in [0.1, 0.15) is 29.8 Å². The molecule has 0 heterocycles. The first-order valence-corrected chi connectivity index (χ1v) is 8.54. The number of hydrogen-bond donors (Lipinski definition) is 3. The average molecular weight is 360 g/mol. The average Bonchev–Trinajstić information content (AvgIpc) is 2.60. The molecule has 2 rings (SSSR count). The van der Waals surface area contributed by atoms with Crippen LogP contribution in [0.4, 0.5) is 5.69 Å². The van der Waals surface area contributed by atoms with Gasteiger partial charge in [-0.15, -0.1) is 0 Å². The third-order valence-electron chi connectivity index (χ3n) is 3.62. The van der Waals surface area contributed by atoms with E-state index in [-0.39, 0.29) is 11.8 Å². The SMILES string of the molecule is CCNCc1cccc(NC(=O)C(C)NC(=O)c2ccc(Cl)cc2)c1. The van der Waals surface area contributed by atoms with Crippen LogP contribution in [0.3, 0.4) is 0 Å². The Morgan fingerprint density at radius 1 is 1.12 bits per heavy atom. The first-order valence-electron chi connectivity index (χ1n) is 8.16. The number of nitrogens with one attached hydrogen (secondary N) is 3. The van der Waals surface area contributed by atoms with E-state index in [1.54, 1.807) is 31.2 Å². The van der Waals surface area contributed by atoms with Crippen molar-refractivity contribution in [1.29, 1.82) is 0 Å². The van der Waals surface area contributed by atoms with Crippen LogP contribution >= 0.6 is 11.6 Å². The molecular weight excluding hydrogens is 338 g/mol. The summed E-state index contributed by atoms with van der Waals surface area (Å²) in [4.78, 5) is 24.4. The van der Waals surface area contributed by atoms with E-state index in [1.165, 1.54) is 0 Å². The number of benzene rings is 2. The van der Waals surface area contributed by atoms with Crippen molar-refractivity contribution in [3.8, 4) is 0 Å².